The van der Waals surface area contributed by atoms with Crippen molar-refractivity contribution in [1.82, 2.24) is 0 Å². The molecule has 0 atom stereocenters. The third-order valence-corrected chi connectivity index (χ3v) is 2.02. The van der Waals surface area contributed by atoms with Crippen LogP contribution in [-0.4, -0.2) is 62.5 Å². The van der Waals surface area contributed by atoms with Gasteiger partial charge in [0, 0.05) is 51.4 Å². The first-order chi connectivity index (χ1) is 6.29. The van der Waals surface area contributed by atoms with Crippen molar-refractivity contribution in [1.29, 1.82) is 0 Å². The number of hydrogen-bond donors (Lipinski definition) is 1. The van der Waals surface area contributed by atoms with Crippen LogP contribution in [0, 0.1) is 0 Å². The fraction of sp³-hybridized carbons (Fsp3) is 0. The summed E-state index contributed by atoms with van der Waals surface area (Å²) in [5.41, 5.74) is 0.359. The fourth-order valence-electron chi connectivity index (χ4n) is 1.41. The number of carboxylic acids is 1. The van der Waals surface area contributed by atoms with Crippen molar-refractivity contribution >= 4 is 68.1 Å². The van der Waals surface area contributed by atoms with Crippen molar-refractivity contribution in [3.05, 3.63) is 48.0 Å². The Balaban J connectivity index is 0.000000980. The molecule has 0 aliphatic carbocycles. The minimum Gasteiger partial charge on any atom is -0.478 e. The zero-order valence-electron chi connectivity index (χ0n) is 7.90. The molecule has 2 aromatic rings. The van der Waals surface area contributed by atoms with Crippen molar-refractivity contribution in [2.24, 2.45) is 0 Å². The number of hydrogen-bond acceptors (Lipinski definition) is 1. The summed E-state index contributed by atoms with van der Waals surface area (Å²) >= 11 is 0. The molecule has 0 bridgehead atoms. The summed E-state index contributed by atoms with van der Waals surface area (Å²) in [6.45, 7) is 0. The van der Waals surface area contributed by atoms with E-state index in [-0.39, 0.29) is 51.4 Å². The van der Waals surface area contributed by atoms with Gasteiger partial charge in [-0.15, -0.1) is 0 Å². The molecule has 65 valence electrons. The van der Waals surface area contributed by atoms with Gasteiger partial charge in [0.2, 0.25) is 0 Å². The van der Waals surface area contributed by atoms with E-state index in [4.69, 9.17) is 5.11 Å². The predicted molar refractivity (Wildman–Crippen MR) is 56.7 cm³/mol. The van der Waals surface area contributed by atoms with E-state index in [1.807, 2.05) is 30.3 Å². The molecule has 0 unspecified atom stereocenters. The van der Waals surface area contributed by atoms with Crippen LogP contribution in [-0.2, 0) is 0 Å². The molecule has 0 aromatic heterocycles. The van der Waals surface area contributed by atoms with Gasteiger partial charge in [-0.2, -0.15) is 0 Å². The second-order valence-electron chi connectivity index (χ2n) is 2.83. The molecule has 2 aromatic carbocycles. The van der Waals surface area contributed by atoms with E-state index in [0.29, 0.717) is 5.56 Å². The van der Waals surface area contributed by atoms with Gasteiger partial charge in [-0.05, 0) is 16.8 Å². The van der Waals surface area contributed by atoms with E-state index < -0.39 is 5.97 Å². The van der Waals surface area contributed by atoms with Gasteiger partial charge < -0.3 is 5.11 Å². The molecule has 2 rings (SSSR count). The third-order valence-electron chi connectivity index (χ3n) is 2.02. The molecular formula is C11H8KO2. The van der Waals surface area contributed by atoms with E-state index in [0.717, 1.165) is 10.8 Å². The van der Waals surface area contributed by atoms with E-state index >= 15 is 0 Å². The van der Waals surface area contributed by atoms with E-state index in [9.17, 15) is 4.79 Å². The molecule has 0 aliphatic rings. The fourth-order valence-corrected chi connectivity index (χ4v) is 1.41. The predicted octanol–water partition coefficient (Wildman–Crippen LogP) is 2.16. The largest absolute Gasteiger partial charge is 0.478 e. The number of carboxylic acid groups (broad SMARTS) is 1. The zero-order chi connectivity index (χ0) is 9.26. The Morgan fingerprint density at radius 2 is 1.64 bits per heavy atom. The molecule has 0 saturated carbocycles. The normalized spacial score (nSPS) is 9.43. The van der Waals surface area contributed by atoms with Crippen molar-refractivity contribution in [3.63, 3.8) is 0 Å². The molecule has 14 heavy (non-hydrogen) atoms. The van der Waals surface area contributed by atoms with E-state index in [1.54, 1.807) is 12.1 Å². The second-order valence-corrected chi connectivity index (χ2v) is 2.83. The summed E-state index contributed by atoms with van der Waals surface area (Å²) < 4.78 is 0. The summed E-state index contributed by atoms with van der Waals surface area (Å²) in [4.78, 5) is 10.8. The van der Waals surface area contributed by atoms with Gasteiger partial charge in [0.1, 0.15) is 0 Å². The van der Waals surface area contributed by atoms with Gasteiger partial charge in [-0.25, -0.2) is 4.79 Å². The number of rotatable bonds is 1. The molecule has 0 heterocycles. The molecule has 2 nitrogen and oxygen atoms in total. The molecular weight excluding hydrogens is 203 g/mol. The maximum Gasteiger partial charge on any atom is 0.336 e. The SMILES string of the molecule is O=C(O)c1cccc2ccccc12.[K]. The van der Waals surface area contributed by atoms with Crippen LogP contribution in [0.4, 0.5) is 0 Å². The van der Waals surface area contributed by atoms with Crippen LogP contribution in [0.25, 0.3) is 10.8 Å². The van der Waals surface area contributed by atoms with Gasteiger partial charge in [0.25, 0.3) is 0 Å². The molecule has 0 spiro atoms. The first-order valence-electron chi connectivity index (χ1n) is 4.00. The Kier molecular flexibility index (Phi) is 4.28. The van der Waals surface area contributed by atoms with Crippen LogP contribution in [0.2, 0.25) is 0 Å². The molecule has 0 amide bonds. The maximum atomic E-state index is 10.8. The molecule has 1 N–H and O–H groups in total. The van der Waals surface area contributed by atoms with Crippen LogP contribution in [0.15, 0.2) is 42.5 Å². The molecule has 0 aliphatic heterocycles. The van der Waals surface area contributed by atoms with Crippen molar-refractivity contribution in [2.45, 2.75) is 0 Å². The Hall–Kier alpha value is -0.194. The summed E-state index contributed by atoms with van der Waals surface area (Å²) in [6, 6.07) is 12.7. The van der Waals surface area contributed by atoms with Crippen LogP contribution in [0.1, 0.15) is 10.4 Å². The van der Waals surface area contributed by atoms with Gasteiger partial charge >= 0.3 is 5.97 Å². The smallest absolute Gasteiger partial charge is 0.336 e. The molecule has 0 fully saturated rings. The third kappa shape index (κ3) is 2.24. The van der Waals surface area contributed by atoms with Crippen molar-refractivity contribution in [2.75, 3.05) is 0 Å². The number of carbonyl (C=O) groups is 1. The molecule has 3 heteroatoms. The van der Waals surface area contributed by atoms with Crippen LogP contribution in [0.5, 0.6) is 0 Å². The molecule has 0 saturated heterocycles. The first-order valence-corrected chi connectivity index (χ1v) is 4.00. The Morgan fingerprint density at radius 3 is 2.36 bits per heavy atom. The average Bonchev–Trinajstić information content (AvgIpc) is 2.17. The second kappa shape index (κ2) is 5.05. The standard InChI is InChI=1S/C11H8O2.K/c12-11(13)10-7-3-5-8-4-1-2-6-9(8)10;/h1-7H,(H,12,13);. The summed E-state index contributed by atoms with van der Waals surface area (Å²) in [7, 11) is 0. The summed E-state index contributed by atoms with van der Waals surface area (Å²) in [5, 5.41) is 10.6. The van der Waals surface area contributed by atoms with Crippen LogP contribution < -0.4 is 0 Å². The first kappa shape index (κ1) is 11.9. The van der Waals surface area contributed by atoms with Gasteiger partial charge in [0.15, 0.2) is 0 Å². The Labute approximate surface area is 124 Å². The van der Waals surface area contributed by atoms with Gasteiger partial charge in [-0.1, -0.05) is 36.4 Å². The van der Waals surface area contributed by atoms with Crippen LogP contribution in [0.3, 0.4) is 0 Å². The van der Waals surface area contributed by atoms with E-state index in [2.05, 4.69) is 0 Å². The number of benzene rings is 2. The minimum absolute atomic E-state index is 0. The average molecular weight is 211 g/mol. The van der Waals surface area contributed by atoms with Crippen LogP contribution >= 0.6 is 0 Å². The maximum absolute atomic E-state index is 10.8. The summed E-state index contributed by atoms with van der Waals surface area (Å²) in [5.74, 6) is -0.878. The number of aromatic carboxylic acids is 1. The van der Waals surface area contributed by atoms with Gasteiger partial charge in [-0.3, -0.25) is 0 Å². The molecule has 1 radical (unpaired) electrons. The van der Waals surface area contributed by atoms with E-state index in [1.165, 1.54) is 0 Å². The van der Waals surface area contributed by atoms with Crippen molar-refractivity contribution < 1.29 is 9.90 Å². The van der Waals surface area contributed by atoms with Crippen molar-refractivity contribution in [3.8, 4) is 0 Å². The van der Waals surface area contributed by atoms with Gasteiger partial charge in [0.05, 0.1) is 5.56 Å². The monoisotopic (exact) mass is 211 g/mol. The Bertz CT molecular complexity index is 460. The summed E-state index contributed by atoms with van der Waals surface area (Å²) in [6.07, 6.45) is 0. The minimum atomic E-state index is -0.878. The number of fused-ring (bicyclic) bond motifs is 1. The quantitative estimate of drug-likeness (QED) is 0.734. The topological polar surface area (TPSA) is 37.3 Å². The zero-order valence-corrected chi connectivity index (χ0v) is 11.0. The Morgan fingerprint density at radius 1 is 1.00 bits per heavy atom.